The largest absolute Gasteiger partial charge is 0.266 e. The highest BCUT2D eigenvalue weighted by atomic mass is 32.2. The molecule has 1 aliphatic heterocycles. The van der Waals surface area contributed by atoms with E-state index in [0.29, 0.717) is 0 Å². The molecule has 0 saturated carbocycles. The molecule has 0 bridgehead atoms. The van der Waals surface area contributed by atoms with Gasteiger partial charge in [-0.25, -0.2) is 13.6 Å². The van der Waals surface area contributed by atoms with Crippen LogP contribution < -0.4 is 5.14 Å². The van der Waals surface area contributed by atoms with Crippen molar-refractivity contribution in [2.45, 2.75) is 25.8 Å². The molecule has 0 atom stereocenters. The Labute approximate surface area is 72.2 Å². The second kappa shape index (κ2) is 2.67. The van der Waals surface area contributed by atoms with Crippen LogP contribution in [-0.2, 0) is 10.0 Å². The van der Waals surface area contributed by atoms with Gasteiger partial charge in [-0.2, -0.15) is 0 Å². The molecule has 0 radical (unpaired) electrons. The van der Waals surface area contributed by atoms with Crippen molar-refractivity contribution in [3.8, 4) is 0 Å². The molecule has 0 fully saturated rings. The number of rotatable bonds is 0. The van der Waals surface area contributed by atoms with E-state index in [4.69, 9.17) is 5.14 Å². The van der Waals surface area contributed by atoms with E-state index in [-0.39, 0.29) is 10.6 Å². The van der Waals surface area contributed by atoms with Crippen LogP contribution in [-0.4, -0.2) is 19.0 Å². The van der Waals surface area contributed by atoms with Crippen molar-refractivity contribution in [2.24, 2.45) is 10.1 Å². The maximum atomic E-state index is 10.9. The second-order valence-electron chi connectivity index (χ2n) is 3.41. The summed E-state index contributed by atoms with van der Waals surface area (Å²) in [6, 6.07) is 0. The minimum Gasteiger partial charge on any atom is -0.266 e. The highest BCUT2D eigenvalue weighted by Gasteiger charge is 2.22. The number of hydrogen-bond acceptors (Lipinski definition) is 3. The molecule has 1 aliphatic rings. The summed E-state index contributed by atoms with van der Waals surface area (Å²) in [4.78, 5) is 4.00. The smallest absolute Gasteiger partial charge is 0.255 e. The standard InChI is InChI=1S/C7H12N2O2S/c1-7(2)5-3-4-6(9-7)12(8,10)11/h3-4H,5H2,1-2H3,(H2,8,10,11). The maximum absolute atomic E-state index is 10.9. The van der Waals surface area contributed by atoms with Gasteiger partial charge in [0.2, 0.25) is 0 Å². The van der Waals surface area contributed by atoms with Crippen molar-refractivity contribution in [3.63, 3.8) is 0 Å². The third kappa shape index (κ3) is 2.15. The fourth-order valence-electron chi connectivity index (χ4n) is 0.988. The van der Waals surface area contributed by atoms with E-state index in [1.807, 2.05) is 13.8 Å². The Morgan fingerprint density at radius 1 is 1.58 bits per heavy atom. The van der Waals surface area contributed by atoms with Crippen LogP contribution in [0.4, 0.5) is 0 Å². The van der Waals surface area contributed by atoms with Crippen molar-refractivity contribution >= 4 is 15.1 Å². The van der Waals surface area contributed by atoms with Crippen LogP contribution in [0.25, 0.3) is 0 Å². The molecule has 0 spiro atoms. The first-order valence-corrected chi connectivity index (χ1v) is 5.15. The summed E-state index contributed by atoms with van der Waals surface area (Å²) < 4.78 is 21.7. The molecule has 0 amide bonds. The van der Waals surface area contributed by atoms with Gasteiger partial charge in [-0.15, -0.1) is 0 Å². The topological polar surface area (TPSA) is 72.5 Å². The average molecular weight is 188 g/mol. The fourth-order valence-corrected chi connectivity index (χ4v) is 1.65. The molecule has 0 aromatic heterocycles. The van der Waals surface area contributed by atoms with Crippen molar-refractivity contribution in [1.82, 2.24) is 0 Å². The molecule has 0 aromatic carbocycles. The number of nitrogens with zero attached hydrogens (tertiary/aromatic N) is 1. The van der Waals surface area contributed by atoms with Crippen molar-refractivity contribution in [2.75, 3.05) is 0 Å². The minimum atomic E-state index is -3.63. The van der Waals surface area contributed by atoms with Crippen LogP contribution in [0.5, 0.6) is 0 Å². The summed E-state index contributed by atoms with van der Waals surface area (Å²) >= 11 is 0. The summed E-state index contributed by atoms with van der Waals surface area (Å²) in [5.41, 5.74) is -0.351. The zero-order valence-corrected chi connectivity index (χ0v) is 7.93. The molecule has 68 valence electrons. The lowest BCUT2D eigenvalue weighted by atomic mass is 10.00. The predicted molar refractivity (Wildman–Crippen MR) is 48.4 cm³/mol. The number of hydrogen-bond donors (Lipinski definition) is 1. The van der Waals surface area contributed by atoms with Crippen LogP contribution in [0.1, 0.15) is 20.3 Å². The van der Waals surface area contributed by atoms with Gasteiger partial charge in [-0.3, -0.25) is 4.99 Å². The van der Waals surface area contributed by atoms with E-state index in [1.54, 1.807) is 6.08 Å². The molecular formula is C7H12N2O2S. The monoisotopic (exact) mass is 188 g/mol. The minimum absolute atomic E-state index is 0.0289. The van der Waals surface area contributed by atoms with E-state index < -0.39 is 10.0 Å². The Morgan fingerprint density at radius 2 is 2.17 bits per heavy atom. The van der Waals surface area contributed by atoms with Gasteiger partial charge in [0.15, 0.2) is 5.04 Å². The van der Waals surface area contributed by atoms with Crippen molar-refractivity contribution < 1.29 is 8.42 Å². The number of aliphatic imine (C=N–C) groups is 1. The quantitative estimate of drug-likeness (QED) is 0.598. The van der Waals surface area contributed by atoms with Crippen LogP contribution in [0.2, 0.25) is 0 Å². The number of dihydropyridines is 1. The second-order valence-corrected chi connectivity index (χ2v) is 4.92. The lowest BCUT2D eigenvalue weighted by Gasteiger charge is -2.21. The number of nitrogens with two attached hydrogens (primary N) is 1. The number of sulfonamides is 1. The molecule has 1 heterocycles. The molecule has 4 nitrogen and oxygen atoms in total. The molecule has 5 heteroatoms. The summed E-state index contributed by atoms with van der Waals surface area (Å²) in [6.07, 6.45) is 3.96. The number of primary sulfonamides is 1. The normalized spacial score (nSPS) is 22.1. The Hall–Kier alpha value is -0.680. The third-order valence-corrected chi connectivity index (χ3v) is 2.39. The van der Waals surface area contributed by atoms with Crippen LogP contribution in [0, 0.1) is 0 Å². The summed E-state index contributed by atoms with van der Waals surface area (Å²) in [5.74, 6) is 0. The molecule has 1 rings (SSSR count). The van der Waals surface area contributed by atoms with Crippen LogP contribution in [0.15, 0.2) is 17.1 Å². The van der Waals surface area contributed by atoms with E-state index in [0.717, 1.165) is 6.42 Å². The Morgan fingerprint density at radius 3 is 2.50 bits per heavy atom. The van der Waals surface area contributed by atoms with E-state index in [2.05, 4.69) is 4.99 Å². The van der Waals surface area contributed by atoms with Gasteiger partial charge in [0.05, 0.1) is 5.54 Å². The Kier molecular flexibility index (Phi) is 2.09. The van der Waals surface area contributed by atoms with E-state index in [9.17, 15) is 8.42 Å². The average Bonchev–Trinajstić information content (AvgIpc) is 1.83. The predicted octanol–water partition coefficient (Wildman–Crippen LogP) is 0.412. The zero-order chi connectivity index (χ0) is 9.41. The fraction of sp³-hybridized carbons (Fsp3) is 0.571. The first-order chi connectivity index (χ1) is 5.31. The molecular weight excluding hydrogens is 176 g/mol. The van der Waals surface area contributed by atoms with Gasteiger partial charge < -0.3 is 0 Å². The maximum Gasteiger partial charge on any atom is 0.255 e. The van der Waals surface area contributed by atoms with Gasteiger partial charge in [0, 0.05) is 0 Å². The van der Waals surface area contributed by atoms with Gasteiger partial charge in [0.1, 0.15) is 0 Å². The third-order valence-electron chi connectivity index (χ3n) is 1.58. The highest BCUT2D eigenvalue weighted by Crippen LogP contribution is 2.19. The van der Waals surface area contributed by atoms with Gasteiger partial charge in [0.25, 0.3) is 10.0 Å². The van der Waals surface area contributed by atoms with Crippen molar-refractivity contribution in [3.05, 3.63) is 12.2 Å². The summed E-state index contributed by atoms with van der Waals surface area (Å²) in [6.45, 7) is 3.73. The molecule has 0 unspecified atom stereocenters. The van der Waals surface area contributed by atoms with Gasteiger partial charge >= 0.3 is 0 Å². The Balaban J connectivity index is 3.09. The summed E-state index contributed by atoms with van der Waals surface area (Å²) in [5, 5.41) is 4.89. The van der Waals surface area contributed by atoms with E-state index >= 15 is 0 Å². The van der Waals surface area contributed by atoms with Gasteiger partial charge in [-0.05, 0) is 26.3 Å². The molecule has 2 N–H and O–H groups in total. The molecule has 0 saturated heterocycles. The highest BCUT2D eigenvalue weighted by molar-refractivity contribution is 8.04. The first kappa shape index (κ1) is 9.41. The molecule has 0 aromatic rings. The summed E-state index contributed by atoms with van der Waals surface area (Å²) in [7, 11) is -3.63. The van der Waals surface area contributed by atoms with E-state index in [1.165, 1.54) is 6.08 Å². The Bertz CT molecular complexity index is 338. The SMILES string of the molecule is CC1(C)CC=CC(S(N)(=O)=O)=N1. The molecule has 0 aliphatic carbocycles. The lowest BCUT2D eigenvalue weighted by molar-refractivity contribution is 0.527. The first-order valence-electron chi connectivity index (χ1n) is 3.60. The van der Waals surface area contributed by atoms with Crippen molar-refractivity contribution in [1.29, 1.82) is 0 Å². The molecule has 12 heavy (non-hydrogen) atoms. The van der Waals surface area contributed by atoms with Crippen LogP contribution >= 0.6 is 0 Å². The zero-order valence-electron chi connectivity index (χ0n) is 7.11. The van der Waals surface area contributed by atoms with Gasteiger partial charge in [-0.1, -0.05) is 6.08 Å². The lowest BCUT2D eigenvalue weighted by Crippen LogP contribution is -2.29. The van der Waals surface area contributed by atoms with Crippen LogP contribution in [0.3, 0.4) is 0 Å².